The monoisotopic (exact) mass is 455 g/mol. The summed E-state index contributed by atoms with van der Waals surface area (Å²) in [5.74, 6) is -1.23. The Labute approximate surface area is 151 Å². The minimum atomic E-state index is -0.615. The van der Waals surface area contributed by atoms with Gasteiger partial charge in [-0.2, -0.15) is 5.10 Å². The molecule has 1 N–H and O–H groups in total. The van der Waals surface area contributed by atoms with E-state index >= 15 is 0 Å². The van der Waals surface area contributed by atoms with Gasteiger partial charge in [-0.1, -0.05) is 15.9 Å². The molecule has 2 heterocycles. The van der Waals surface area contributed by atoms with Gasteiger partial charge in [0.05, 0.1) is 17.8 Å². The van der Waals surface area contributed by atoms with Gasteiger partial charge in [0.1, 0.15) is 11.1 Å². The van der Waals surface area contributed by atoms with E-state index in [0.29, 0.717) is 15.4 Å². The summed E-state index contributed by atoms with van der Waals surface area (Å²) in [6.45, 7) is -0.329. The number of amides is 1. The zero-order chi connectivity index (χ0) is 17.3. The summed E-state index contributed by atoms with van der Waals surface area (Å²) in [4.78, 5) is 31.7. The molecular weight excluding hydrogens is 449 g/mol. The maximum atomic E-state index is 12.7. The number of benzene rings is 1. The molecule has 1 aromatic carbocycles. The van der Waals surface area contributed by atoms with Crippen molar-refractivity contribution in [3.8, 4) is 0 Å². The van der Waals surface area contributed by atoms with Crippen molar-refractivity contribution >= 4 is 54.5 Å². The van der Waals surface area contributed by atoms with Gasteiger partial charge in [-0.3, -0.25) is 14.9 Å². The van der Waals surface area contributed by atoms with Gasteiger partial charge in [-0.05, 0) is 34.1 Å². The molecule has 24 heavy (non-hydrogen) atoms. The first-order valence-electron chi connectivity index (χ1n) is 6.57. The average Bonchev–Trinajstić information content (AvgIpc) is 2.54. The molecule has 0 aliphatic carbocycles. The number of anilines is 1. The second kappa shape index (κ2) is 6.73. The van der Waals surface area contributed by atoms with Crippen LogP contribution in [0.3, 0.4) is 0 Å². The minimum absolute atomic E-state index is 0.0572. The second-order valence-corrected chi connectivity index (χ2v) is 6.38. The van der Waals surface area contributed by atoms with E-state index in [1.807, 2.05) is 0 Å². The first kappa shape index (κ1) is 16.7. The standard InChI is InChI=1S/C14H8Br2FN5O2/c15-7-1-2-9-10(3-7)12(16)21-22(13(9)24)6-11(23)20-14-18-4-8(17)5-19-14/h1-5H,6H2,(H,18,19,20,23). The fourth-order valence-corrected chi connectivity index (χ4v) is 2.88. The van der Waals surface area contributed by atoms with Crippen LogP contribution in [-0.4, -0.2) is 25.7 Å². The van der Waals surface area contributed by atoms with Gasteiger partial charge in [0.2, 0.25) is 11.9 Å². The molecule has 3 rings (SSSR count). The van der Waals surface area contributed by atoms with E-state index in [0.717, 1.165) is 21.5 Å². The molecule has 0 unspecified atom stereocenters. The van der Waals surface area contributed by atoms with Gasteiger partial charge in [0.25, 0.3) is 5.56 Å². The van der Waals surface area contributed by atoms with Gasteiger partial charge < -0.3 is 0 Å². The third-order valence-electron chi connectivity index (χ3n) is 3.04. The molecule has 1 amide bonds. The Bertz CT molecular complexity index is 991. The molecule has 0 aliphatic heterocycles. The summed E-state index contributed by atoms with van der Waals surface area (Å²) in [7, 11) is 0. The maximum Gasteiger partial charge on any atom is 0.275 e. The Hall–Kier alpha value is -2.20. The lowest BCUT2D eigenvalue weighted by Crippen LogP contribution is -2.30. The van der Waals surface area contributed by atoms with Crippen molar-refractivity contribution in [2.45, 2.75) is 6.54 Å². The number of carbonyl (C=O) groups is 1. The molecule has 0 fully saturated rings. The van der Waals surface area contributed by atoms with E-state index < -0.39 is 17.3 Å². The number of fused-ring (bicyclic) bond motifs is 1. The topological polar surface area (TPSA) is 89.8 Å². The molecule has 7 nitrogen and oxygen atoms in total. The van der Waals surface area contributed by atoms with E-state index in [2.05, 4.69) is 52.2 Å². The Kier molecular flexibility index (Phi) is 4.67. The lowest BCUT2D eigenvalue weighted by atomic mass is 10.2. The predicted molar refractivity (Wildman–Crippen MR) is 92.0 cm³/mol. The third-order valence-corrected chi connectivity index (χ3v) is 4.12. The van der Waals surface area contributed by atoms with Crippen LogP contribution in [0.5, 0.6) is 0 Å². The van der Waals surface area contributed by atoms with Crippen molar-refractivity contribution in [2.75, 3.05) is 5.32 Å². The van der Waals surface area contributed by atoms with E-state index in [1.165, 1.54) is 0 Å². The van der Waals surface area contributed by atoms with Crippen LogP contribution < -0.4 is 10.9 Å². The predicted octanol–water partition coefficient (Wildman–Crippen LogP) is 2.49. The lowest BCUT2D eigenvalue weighted by Gasteiger charge is -2.08. The molecule has 0 saturated heterocycles. The van der Waals surface area contributed by atoms with Crippen molar-refractivity contribution in [1.82, 2.24) is 19.7 Å². The minimum Gasteiger partial charge on any atom is -0.293 e. The largest absolute Gasteiger partial charge is 0.293 e. The smallest absolute Gasteiger partial charge is 0.275 e. The molecule has 10 heteroatoms. The van der Waals surface area contributed by atoms with Crippen LogP contribution in [-0.2, 0) is 11.3 Å². The summed E-state index contributed by atoms with van der Waals surface area (Å²) in [6, 6.07) is 5.13. The molecule has 2 aromatic heterocycles. The summed E-state index contributed by atoms with van der Waals surface area (Å²) in [5.41, 5.74) is -0.407. The van der Waals surface area contributed by atoms with Crippen LogP contribution in [0.15, 0.2) is 44.5 Å². The number of hydrogen-bond donors (Lipinski definition) is 1. The van der Waals surface area contributed by atoms with E-state index in [9.17, 15) is 14.0 Å². The lowest BCUT2D eigenvalue weighted by molar-refractivity contribution is -0.117. The van der Waals surface area contributed by atoms with E-state index in [-0.39, 0.29) is 12.5 Å². The Morgan fingerprint density at radius 1 is 1.21 bits per heavy atom. The molecule has 0 aliphatic rings. The van der Waals surface area contributed by atoms with Gasteiger partial charge in [0.15, 0.2) is 5.82 Å². The number of nitrogens with one attached hydrogen (secondary N) is 1. The van der Waals surface area contributed by atoms with Gasteiger partial charge >= 0.3 is 0 Å². The number of hydrogen-bond acceptors (Lipinski definition) is 5. The first-order valence-corrected chi connectivity index (χ1v) is 8.16. The molecular formula is C14H8Br2FN5O2. The highest BCUT2D eigenvalue weighted by Gasteiger charge is 2.13. The van der Waals surface area contributed by atoms with E-state index in [4.69, 9.17) is 0 Å². The highest BCUT2D eigenvalue weighted by atomic mass is 79.9. The molecule has 0 bridgehead atoms. The van der Waals surface area contributed by atoms with Gasteiger partial charge in [-0.25, -0.2) is 19.0 Å². The summed E-state index contributed by atoms with van der Waals surface area (Å²) >= 11 is 6.62. The Morgan fingerprint density at radius 3 is 2.62 bits per heavy atom. The van der Waals surface area contributed by atoms with Crippen LogP contribution >= 0.6 is 31.9 Å². The average molecular weight is 457 g/mol. The normalized spacial score (nSPS) is 10.8. The molecule has 0 radical (unpaired) electrons. The molecule has 3 aromatic rings. The fourth-order valence-electron chi connectivity index (χ4n) is 2.00. The SMILES string of the molecule is O=C(Cn1nc(Br)c2cc(Br)ccc2c1=O)Nc1ncc(F)cn1. The van der Waals surface area contributed by atoms with E-state index in [1.54, 1.807) is 18.2 Å². The van der Waals surface area contributed by atoms with Gasteiger partial charge in [-0.15, -0.1) is 0 Å². The van der Waals surface area contributed by atoms with Gasteiger partial charge in [0, 0.05) is 9.86 Å². The number of nitrogens with zero attached hydrogens (tertiary/aromatic N) is 4. The number of carbonyl (C=O) groups excluding carboxylic acids is 1. The van der Waals surface area contributed by atoms with Crippen molar-refractivity contribution in [1.29, 1.82) is 0 Å². The van der Waals surface area contributed by atoms with Crippen molar-refractivity contribution in [3.63, 3.8) is 0 Å². The van der Waals surface area contributed by atoms with Crippen LogP contribution in [0, 0.1) is 5.82 Å². The van der Waals surface area contributed by atoms with Crippen molar-refractivity contribution in [2.24, 2.45) is 0 Å². The molecule has 0 saturated carbocycles. The highest BCUT2D eigenvalue weighted by molar-refractivity contribution is 9.11. The zero-order valence-electron chi connectivity index (χ0n) is 11.8. The Morgan fingerprint density at radius 2 is 1.92 bits per heavy atom. The summed E-state index contributed by atoms with van der Waals surface area (Å²) in [5, 5.41) is 7.50. The summed E-state index contributed by atoms with van der Waals surface area (Å²) < 4.78 is 15.0. The number of halogens is 3. The number of aromatic nitrogens is 4. The van der Waals surface area contributed by atoms with Crippen LogP contribution in [0.1, 0.15) is 0 Å². The number of rotatable bonds is 3. The fraction of sp³-hybridized carbons (Fsp3) is 0.0714. The van der Waals surface area contributed by atoms with Crippen LogP contribution in [0.2, 0.25) is 0 Å². The molecule has 122 valence electrons. The third kappa shape index (κ3) is 3.49. The Balaban J connectivity index is 1.88. The van der Waals surface area contributed by atoms with Crippen molar-refractivity contribution in [3.05, 3.63) is 55.8 Å². The molecule has 0 atom stereocenters. The quantitative estimate of drug-likeness (QED) is 0.653. The van der Waals surface area contributed by atoms with Crippen LogP contribution in [0.25, 0.3) is 10.8 Å². The maximum absolute atomic E-state index is 12.7. The first-order chi connectivity index (χ1) is 11.4. The molecule has 0 spiro atoms. The van der Waals surface area contributed by atoms with Crippen molar-refractivity contribution < 1.29 is 9.18 Å². The summed E-state index contributed by atoms with van der Waals surface area (Å²) in [6.07, 6.45) is 1.86. The van der Waals surface area contributed by atoms with Crippen LogP contribution in [0.4, 0.5) is 10.3 Å². The highest BCUT2D eigenvalue weighted by Crippen LogP contribution is 2.22. The second-order valence-electron chi connectivity index (χ2n) is 4.72. The zero-order valence-corrected chi connectivity index (χ0v) is 15.0.